The third-order valence-electron chi connectivity index (χ3n) is 1.41. The molecular weight excluding hydrogens is 154 g/mol. The van der Waals surface area contributed by atoms with Crippen LogP contribution >= 0.6 is 0 Å². The van der Waals surface area contributed by atoms with Crippen molar-refractivity contribution >= 4 is 11.5 Å². The van der Waals surface area contributed by atoms with Gasteiger partial charge in [0.05, 0.1) is 6.61 Å². The Hall–Kier alpha value is -1.29. The Morgan fingerprint density at radius 3 is 3.00 bits per heavy atom. The summed E-state index contributed by atoms with van der Waals surface area (Å²) in [7, 11) is 1.80. The molecule has 0 aliphatic rings. The van der Waals surface area contributed by atoms with Gasteiger partial charge in [0.2, 0.25) is 0 Å². The van der Waals surface area contributed by atoms with Crippen LogP contribution in [0.5, 0.6) is 0 Å². The van der Waals surface area contributed by atoms with Crippen LogP contribution in [0.3, 0.4) is 0 Å². The van der Waals surface area contributed by atoms with Crippen molar-refractivity contribution in [3.8, 4) is 0 Å². The Morgan fingerprint density at radius 2 is 2.42 bits per heavy atom. The first-order valence-corrected chi connectivity index (χ1v) is 3.82. The summed E-state index contributed by atoms with van der Waals surface area (Å²) >= 11 is 0. The molecule has 0 aromatic carbocycles. The van der Waals surface area contributed by atoms with Crippen LogP contribution in [0.15, 0.2) is 18.3 Å². The molecule has 1 aromatic rings. The maximum atomic E-state index is 5.57. The molecule has 0 aliphatic heterocycles. The topological polar surface area (TPSA) is 51.4 Å². The van der Waals surface area contributed by atoms with Crippen LogP contribution in [0.4, 0.5) is 11.5 Å². The third-order valence-corrected chi connectivity index (χ3v) is 1.41. The lowest BCUT2D eigenvalue weighted by Crippen LogP contribution is -2.18. The second-order valence-electron chi connectivity index (χ2n) is 2.36. The average molecular weight is 167 g/mol. The SMILES string of the molecule is CCON(C)c1cc(N)ccn1. The van der Waals surface area contributed by atoms with Gasteiger partial charge < -0.3 is 5.73 Å². The van der Waals surface area contributed by atoms with E-state index in [0.717, 1.165) is 5.82 Å². The van der Waals surface area contributed by atoms with Crippen LogP contribution in [0.2, 0.25) is 0 Å². The number of nitrogens with zero attached hydrogens (tertiary/aromatic N) is 2. The van der Waals surface area contributed by atoms with Crippen molar-refractivity contribution in [1.82, 2.24) is 4.98 Å². The maximum Gasteiger partial charge on any atom is 0.154 e. The van der Waals surface area contributed by atoms with Gasteiger partial charge in [-0.15, -0.1) is 0 Å². The molecular formula is C8H13N3O. The quantitative estimate of drug-likeness (QED) is 0.684. The summed E-state index contributed by atoms with van der Waals surface area (Å²) in [5, 5.41) is 1.59. The number of anilines is 2. The molecule has 2 N–H and O–H groups in total. The van der Waals surface area contributed by atoms with Gasteiger partial charge in [-0.05, 0) is 13.0 Å². The number of rotatable bonds is 3. The highest BCUT2D eigenvalue weighted by atomic mass is 16.7. The van der Waals surface area contributed by atoms with E-state index in [9.17, 15) is 0 Å². The molecule has 0 unspecified atom stereocenters. The van der Waals surface area contributed by atoms with Gasteiger partial charge >= 0.3 is 0 Å². The third kappa shape index (κ3) is 2.10. The Kier molecular flexibility index (Phi) is 2.88. The van der Waals surface area contributed by atoms with E-state index in [-0.39, 0.29) is 0 Å². The van der Waals surface area contributed by atoms with E-state index < -0.39 is 0 Å². The van der Waals surface area contributed by atoms with Gasteiger partial charge in [0, 0.05) is 25.0 Å². The molecule has 0 aliphatic carbocycles. The summed E-state index contributed by atoms with van der Waals surface area (Å²) in [6.07, 6.45) is 1.65. The number of aromatic nitrogens is 1. The largest absolute Gasteiger partial charge is 0.399 e. The minimum absolute atomic E-state index is 0.618. The normalized spacial score (nSPS) is 9.83. The van der Waals surface area contributed by atoms with Crippen LogP contribution in [0.25, 0.3) is 0 Å². The average Bonchev–Trinajstić information content (AvgIpc) is 2.05. The molecule has 0 amide bonds. The first-order chi connectivity index (χ1) is 5.74. The van der Waals surface area contributed by atoms with Crippen molar-refractivity contribution in [2.45, 2.75) is 6.92 Å². The fraction of sp³-hybridized carbons (Fsp3) is 0.375. The molecule has 4 heteroatoms. The summed E-state index contributed by atoms with van der Waals surface area (Å²) in [6, 6.07) is 3.50. The Labute approximate surface area is 71.9 Å². The smallest absolute Gasteiger partial charge is 0.154 e. The van der Waals surface area contributed by atoms with Gasteiger partial charge in [-0.1, -0.05) is 0 Å². The molecule has 1 aromatic heterocycles. The summed E-state index contributed by atoms with van der Waals surface area (Å²) in [5.74, 6) is 0.719. The van der Waals surface area contributed by atoms with Crippen molar-refractivity contribution in [3.05, 3.63) is 18.3 Å². The van der Waals surface area contributed by atoms with E-state index in [0.29, 0.717) is 12.3 Å². The van der Waals surface area contributed by atoms with Crippen LogP contribution in [0.1, 0.15) is 6.92 Å². The van der Waals surface area contributed by atoms with Crippen molar-refractivity contribution in [1.29, 1.82) is 0 Å². The zero-order valence-electron chi connectivity index (χ0n) is 7.32. The Morgan fingerprint density at radius 1 is 1.67 bits per heavy atom. The lowest BCUT2D eigenvalue weighted by atomic mass is 10.4. The molecule has 0 atom stereocenters. The maximum absolute atomic E-state index is 5.57. The van der Waals surface area contributed by atoms with Gasteiger partial charge in [-0.25, -0.2) is 10.0 Å². The summed E-state index contributed by atoms with van der Waals surface area (Å²) < 4.78 is 0. The van der Waals surface area contributed by atoms with Gasteiger partial charge in [0.1, 0.15) is 0 Å². The Bertz CT molecular complexity index is 252. The van der Waals surface area contributed by atoms with Crippen molar-refractivity contribution in [2.75, 3.05) is 24.5 Å². The standard InChI is InChI=1S/C8H13N3O/c1-3-12-11(2)8-6-7(9)4-5-10-8/h4-6H,3H2,1-2H3,(H2,9,10). The lowest BCUT2D eigenvalue weighted by molar-refractivity contribution is 0.133. The molecule has 1 rings (SSSR count). The molecule has 0 saturated heterocycles. The van der Waals surface area contributed by atoms with Gasteiger partial charge in [-0.2, -0.15) is 0 Å². The predicted octanol–water partition coefficient (Wildman–Crippen LogP) is 1.05. The van der Waals surface area contributed by atoms with E-state index in [4.69, 9.17) is 10.6 Å². The summed E-state index contributed by atoms with van der Waals surface area (Å²) in [6.45, 7) is 2.54. The van der Waals surface area contributed by atoms with Crippen LogP contribution in [-0.2, 0) is 4.84 Å². The van der Waals surface area contributed by atoms with E-state index in [1.54, 1.807) is 30.4 Å². The monoisotopic (exact) mass is 167 g/mol. The minimum Gasteiger partial charge on any atom is -0.399 e. The molecule has 0 bridgehead atoms. The highest BCUT2D eigenvalue weighted by Crippen LogP contribution is 2.11. The van der Waals surface area contributed by atoms with Gasteiger partial charge in [-0.3, -0.25) is 4.84 Å². The Balaban J connectivity index is 2.73. The lowest BCUT2D eigenvalue weighted by Gasteiger charge is -2.16. The zero-order chi connectivity index (χ0) is 8.97. The molecule has 1 heterocycles. The molecule has 4 nitrogen and oxygen atoms in total. The highest BCUT2D eigenvalue weighted by Gasteiger charge is 2.00. The number of pyridine rings is 1. The second-order valence-corrected chi connectivity index (χ2v) is 2.36. The van der Waals surface area contributed by atoms with E-state index in [1.165, 1.54) is 0 Å². The van der Waals surface area contributed by atoms with Gasteiger partial charge in [0.15, 0.2) is 5.82 Å². The molecule has 0 radical (unpaired) electrons. The first-order valence-electron chi connectivity index (χ1n) is 3.82. The number of hydrogen-bond acceptors (Lipinski definition) is 4. The van der Waals surface area contributed by atoms with Crippen LogP contribution in [0, 0.1) is 0 Å². The van der Waals surface area contributed by atoms with E-state index >= 15 is 0 Å². The number of nitrogen functional groups attached to an aromatic ring is 1. The number of hydrogen-bond donors (Lipinski definition) is 1. The molecule has 0 saturated carbocycles. The van der Waals surface area contributed by atoms with Crippen LogP contribution < -0.4 is 10.8 Å². The first kappa shape index (κ1) is 8.80. The minimum atomic E-state index is 0.618. The molecule has 66 valence electrons. The van der Waals surface area contributed by atoms with Gasteiger partial charge in [0.25, 0.3) is 0 Å². The highest BCUT2D eigenvalue weighted by molar-refractivity contribution is 5.48. The number of nitrogens with two attached hydrogens (primary N) is 1. The summed E-state index contributed by atoms with van der Waals surface area (Å²) in [5.41, 5.74) is 6.26. The second kappa shape index (κ2) is 3.92. The van der Waals surface area contributed by atoms with E-state index in [2.05, 4.69) is 4.98 Å². The summed E-state index contributed by atoms with van der Waals surface area (Å²) in [4.78, 5) is 9.28. The molecule has 0 spiro atoms. The fourth-order valence-electron chi connectivity index (χ4n) is 0.866. The van der Waals surface area contributed by atoms with Crippen molar-refractivity contribution in [2.24, 2.45) is 0 Å². The van der Waals surface area contributed by atoms with Crippen molar-refractivity contribution < 1.29 is 4.84 Å². The van der Waals surface area contributed by atoms with Crippen molar-refractivity contribution in [3.63, 3.8) is 0 Å². The number of hydroxylamine groups is 1. The predicted molar refractivity (Wildman–Crippen MR) is 48.7 cm³/mol. The zero-order valence-corrected chi connectivity index (χ0v) is 7.32. The fourth-order valence-corrected chi connectivity index (χ4v) is 0.866. The molecule has 12 heavy (non-hydrogen) atoms. The van der Waals surface area contributed by atoms with E-state index in [1.807, 2.05) is 6.92 Å². The van der Waals surface area contributed by atoms with Crippen LogP contribution in [-0.4, -0.2) is 18.6 Å². The molecule has 0 fully saturated rings.